The second-order valence-corrected chi connectivity index (χ2v) is 4.10. The van der Waals surface area contributed by atoms with Gasteiger partial charge >= 0.3 is 0 Å². The lowest BCUT2D eigenvalue weighted by Crippen LogP contribution is -2.13. The average molecular weight is 233 g/mol. The zero-order valence-corrected chi connectivity index (χ0v) is 9.54. The highest BCUT2D eigenvalue weighted by molar-refractivity contribution is 7.98. The molecule has 5 heteroatoms. The number of anilines is 1. The van der Waals surface area contributed by atoms with Crippen molar-refractivity contribution in [3.8, 4) is 11.3 Å². The van der Waals surface area contributed by atoms with Crippen molar-refractivity contribution < 1.29 is 0 Å². The highest BCUT2D eigenvalue weighted by Gasteiger charge is 2.06. The maximum Gasteiger partial charge on any atom is 0.274 e. The van der Waals surface area contributed by atoms with Gasteiger partial charge in [0.15, 0.2) is 0 Å². The number of H-pyrrole nitrogens is 1. The number of aromatic amines is 1. The lowest BCUT2D eigenvalue weighted by Gasteiger charge is -2.03. The molecule has 0 aliphatic heterocycles. The maximum absolute atomic E-state index is 11.3. The molecular formula is C11H11N3OS. The Balaban J connectivity index is 2.50. The number of thioether (sulfide) groups is 1. The van der Waals surface area contributed by atoms with Crippen LogP contribution >= 0.6 is 11.8 Å². The van der Waals surface area contributed by atoms with Crippen molar-refractivity contribution in [1.29, 1.82) is 0 Å². The highest BCUT2D eigenvalue weighted by Crippen LogP contribution is 2.23. The number of rotatable bonds is 2. The molecule has 0 spiro atoms. The molecule has 0 bridgehead atoms. The molecule has 3 N–H and O–H groups in total. The number of nitrogens with two attached hydrogens (primary N) is 1. The molecule has 2 aromatic rings. The van der Waals surface area contributed by atoms with Gasteiger partial charge in [-0.1, -0.05) is 12.1 Å². The minimum absolute atomic E-state index is 0.152. The van der Waals surface area contributed by atoms with E-state index < -0.39 is 0 Å². The Bertz CT molecular complexity index is 548. The smallest absolute Gasteiger partial charge is 0.274 e. The minimum atomic E-state index is -0.307. The van der Waals surface area contributed by atoms with E-state index in [1.54, 1.807) is 11.8 Å². The van der Waals surface area contributed by atoms with Crippen molar-refractivity contribution in [2.24, 2.45) is 0 Å². The van der Waals surface area contributed by atoms with Gasteiger partial charge in [-0.25, -0.2) is 4.98 Å². The Hall–Kier alpha value is -1.75. The zero-order valence-electron chi connectivity index (χ0n) is 8.73. The van der Waals surface area contributed by atoms with Crippen molar-refractivity contribution in [3.63, 3.8) is 0 Å². The molecule has 0 radical (unpaired) electrons. The third kappa shape index (κ3) is 1.94. The second kappa shape index (κ2) is 4.40. The van der Waals surface area contributed by atoms with Crippen molar-refractivity contribution in [1.82, 2.24) is 9.97 Å². The van der Waals surface area contributed by atoms with E-state index in [1.807, 2.05) is 30.5 Å². The SMILES string of the molecule is CSc1ccc(-c2nc[nH]c(=O)c2N)cc1. The van der Waals surface area contributed by atoms with Gasteiger partial charge in [-0.3, -0.25) is 4.79 Å². The summed E-state index contributed by atoms with van der Waals surface area (Å²) in [6, 6.07) is 7.76. The van der Waals surface area contributed by atoms with E-state index in [2.05, 4.69) is 9.97 Å². The van der Waals surface area contributed by atoms with Crippen LogP contribution in [-0.2, 0) is 0 Å². The third-order valence-electron chi connectivity index (χ3n) is 2.25. The van der Waals surface area contributed by atoms with Gasteiger partial charge < -0.3 is 10.7 Å². The Labute approximate surface area is 96.9 Å². The van der Waals surface area contributed by atoms with E-state index >= 15 is 0 Å². The van der Waals surface area contributed by atoms with Crippen LogP contribution < -0.4 is 11.3 Å². The quantitative estimate of drug-likeness (QED) is 0.775. The lowest BCUT2D eigenvalue weighted by atomic mass is 10.1. The summed E-state index contributed by atoms with van der Waals surface area (Å²) in [7, 11) is 0. The Morgan fingerprint density at radius 3 is 2.62 bits per heavy atom. The summed E-state index contributed by atoms with van der Waals surface area (Å²) >= 11 is 1.66. The molecular weight excluding hydrogens is 222 g/mol. The number of hydrogen-bond acceptors (Lipinski definition) is 4. The fraction of sp³-hybridized carbons (Fsp3) is 0.0909. The fourth-order valence-electron chi connectivity index (χ4n) is 1.39. The molecule has 0 aliphatic carbocycles. The topological polar surface area (TPSA) is 71.8 Å². The zero-order chi connectivity index (χ0) is 11.5. The highest BCUT2D eigenvalue weighted by atomic mass is 32.2. The van der Waals surface area contributed by atoms with E-state index in [1.165, 1.54) is 6.33 Å². The van der Waals surface area contributed by atoms with Crippen LogP contribution in [0.4, 0.5) is 5.69 Å². The Morgan fingerprint density at radius 1 is 1.31 bits per heavy atom. The number of nitrogens with zero attached hydrogens (tertiary/aromatic N) is 1. The van der Waals surface area contributed by atoms with Crippen LogP contribution in [0.15, 0.2) is 40.3 Å². The van der Waals surface area contributed by atoms with E-state index in [0.29, 0.717) is 5.69 Å². The van der Waals surface area contributed by atoms with Crippen LogP contribution in [0.25, 0.3) is 11.3 Å². The van der Waals surface area contributed by atoms with Gasteiger partial charge in [0.1, 0.15) is 11.4 Å². The second-order valence-electron chi connectivity index (χ2n) is 3.22. The summed E-state index contributed by atoms with van der Waals surface area (Å²) in [5.74, 6) is 0. The molecule has 0 aliphatic rings. The fourth-order valence-corrected chi connectivity index (χ4v) is 1.80. The molecule has 82 valence electrons. The molecule has 0 fully saturated rings. The summed E-state index contributed by atoms with van der Waals surface area (Å²) < 4.78 is 0. The van der Waals surface area contributed by atoms with Crippen molar-refractivity contribution in [2.75, 3.05) is 12.0 Å². The van der Waals surface area contributed by atoms with Crippen molar-refractivity contribution in [3.05, 3.63) is 40.9 Å². The number of nitrogen functional groups attached to an aromatic ring is 1. The third-order valence-corrected chi connectivity index (χ3v) is 3.00. The van der Waals surface area contributed by atoms with Gasteiger partial charge in [0, 0.05) is 10.5 Å². The summed E-state index contributed by atoms with van der Waals surface area (Å²) in [6.45, 7) is 0. The molecule has 16 heavy (non-hydrogen) atoms. The molecule has 2 rings (SSSR count). The van der Waals surface area contributed by atoms with Gasteiger partial charge in [0.2, 0.25) is 0 Å². The number of benzene rings is 1. The van der Waals surface area contributed by atoms with Crippen LogP contribution in [0, 0.1) is 0 Å². The Morgan fingerprint density at radius 2 is 2.00 bits per heavy atom. The first-order valence-corrected chi connectivity index (χ1v) is 5.92. The molecule has 0 saturated carbocycles. The van der Waals surface area contributed by atoms with Crippen LogP contribution in [0.5, 0.6) is 0 Å². The number of nitrogens with one attached hydrogen (secondary N) is 1. The largest absolute Gasteiger partial charge is 0.392 e. The van der Waals surface area contributed by atoms with E-state index in [-0.39, 0.29) is 11.2 Å². The van der Waals surface area contributed by atoms with Gasteiger partial charge in [0.25, 0.3) is 5.56 Å². The van der Waals surface area contributed by atoms with E-state index in [0.717, 1.165) is 10.5 Å². The number of aromatic nitrogens is 2. The molecule has 0 unspecified atom stereocenters. The average Bonchev–Trinajstić information content (AvgIpc) is 2.33. The molecule has 1 aromatic carbocycles. The van der Waals surface area contributed by atoms with Crippen LogP contribution in [0.1, 0.15) is 0 Å². The predicted molar refractivity (Wildman–Crippen MR) is 66.5 cm³/mol. The van der Waals surface area contributed by atoms with Crippen LogP contribution in [-0.4, -0.2) is 16.2 Å². The molecule has 1 aromatic heterocycles. The molecule has 0 amide bonds. The van der Waals surface area contributed by atoms with E-state index in [4.69, 9.17) is 5.73 Å². The summed E-state index contributed by atoms with van der Waals surface area (Å²) in [5.41, 5.74) is 6.89. The molecule has 4 nitrogen and oxygen atoms in total. The van der Waals surface area contributed by atoms with Gasteiger partial charge in [-0.05, 0) is 18.4 Å². The maximum atomic E-state index is 11.3. The molecule has 1 heterocycles. The van der Waals surface area contributed by atoms with Crippen molar-refractivity contribution >= 4 is 17.4 Å². The monoisotopic (exact) mass is 233 g/mol. The van der Waals surface area contributed by atoms with E-state index in [9.17, 15) is 4.79 Å². The molecule has 0 saturated heterocycles. The summed E-state index contributed by atoms with van der Waals surface area (Å²) in [6.07, 6.45) is 3.37. The standard InChI is InChI=1S/C11H11N3OS/c1-16-8-4-2-7(3-5-8)10-9(12)11(15)14-6-13-10/h2-6H,12H2,1H3,(H,13,14,15). The van der Waals surface area contributed by atoms with Gasteiger partial charge in [-0.2, -0.15) is 0 Å². The predicted octanol–water partition coefficient (Wildman–Crippen LogP) is 1.74. The van der Waals surface area contributed by atoms with Crippen molar-refractivity contribution in [2.45, 2.75) is 4.90 Å². The number of hydrogen-bond donors (Lipinski definition) is 2. The summed E-state index contributed by atoms with van der Waals surface area (Å²) in [4.78, 5) is 19.0. The first-order chi connectivity index (χ1) is 7.72. The normalized spacial score (nSPS) is 10.3. The minimum Gasteiger partial charge on any atom is -0.392 e. The van der Waals surface area contributed by atoms with Gasteiger partial charge in [-0.15, -0.1) is 11.8 Å². The lowest BCUT2D eigenvalue weighted by molar-refractivity contribution is 1.13. The van der Waals surface area contributed by atoms with Crippen LogP contribution in [0.2, 0.25) is 0 Å². The van der Waals surface area contributed by atoms with Crippen LogP contribution in [0.3, 0.4) is 0 Å². The molecule has 0 atom stereocenters. The Kier molecular flexibility index (Phi) is 2.96. The first-order valence-electron chi connectivity index (χ1n) is 4.70. The first kappa shape index (κ1) is 10.8. The summed E-state index contributed by atoms with van der Waals surface area (Å²) in [5, 5.41) is 0. The van der Waals surface area contributed by atoms with Gasteiger partial charge in [0.05, 0.1) is 6.33 Å².